The Balaban J connectivity index is 1.52. The minimum atomic E-state index is -0.690. The number of rotatable bonds is 6. The van der Waals surface area contributed by atoms with Crippen LogP contribution in [0.4, 0.5) is 5.69 Å². The molecule has 1 fully saturated rings. The Kier molecular flexibility index (Phi) is 6.46. The molecule has 2 N–H and O–H groups in total. The Morgan fingerprint density at radius 3 is 2.38 bits per heavy atom. The van der Waals surface area contributed by atoms with Crippen molar-refractivity contribution in [2.45, 2.75) is 18.9 Å². The third kappa shape index (κ3) is 4.95. The lowest BCUT2D eigenvalue weighted by Crippen LogP contribution is -2.53. The van der Waals surface area contributed by atoms with E-state index in [0.29, 0.717) is 24.3 Å². The lowest BCUT2D eigenvalue weighted by Gasteiger charge is -2.32. The molecule has 0 saturated carbocycles. The number of hydrogen-bond donors (Lipinski definition) is 2. The average Bonchev–Trinajstić information content (AvgIpc) is 3.34. The average molecular weight is 429 g/mol. The van der Waals surface area contributed by atoms with Crippen molar-refractivity contribution in [1.29, 1.82) is 0 Å². The zero-order valence-electron chi connectivity index (χ0n) is 17.4. The lowest BCUT2D eigenvalue weighted by molar-refractivity contribution is -0.126. The second kappa shape index (κ2) is 9.78. The van der Waals surface area contributed by atoms with Gasteiger partial charge in [0.25, 0.3) is 11.8 Å². The molecule has 7 heteroatoms. The largest absolute Gasteiger partial charge is 0.465 e. The smallest absolute Gasteiger partial charge is 0.268 e. The summed E-state index contributed by atoms with van der Waals surface area (Å²) in [6, 6.07) is 20.6. The maximum atomic E-state index is 13.1. The van der Waals surface area contributed by atoms with Gasteiger partial charge in [0.05, 0.1) is 6.26 Å². The summed E-state index contributed by atoms with van der Waals surface area (Å²) in [5.41, 5.74) is 1.20. The van der Waals surface area contributed by atoms with Gasteiger partial charge < -0.3 is 20.0 Å². The fourth-order valence-electron chi connectivity index (χ4n) is 3.57. The van der Waals surface area contributed by atoms with Crippen molar-refractivity contribution < 1.29 is 18.8 Å². The molecule has 32 heavy (non-hydrogen) atoms. The fourth-order valence-corrected chi connectivity index (χ4v) is 3.57. The summed E-state index contributed by atoms with van der Waals surface area (Å²) in [4.78, 5) is 40.4. The fraction of sp³-hybridized carbons (Fsp3) is 0.160. The second-order valence-corrected chi connectivity index (χ2v) is 7.39. The zero-order chi connectivity index (χ0) is 22.3. The van der Waals surface area contributed by atoms with Crippen molar-refractivity contribution in [1.82, 2.24) is 10.6 Å². The summed E-state index contributed by atoms with van der Waals surface area (Å²) >= 11 is 0. The van der Waals surface area contributed by atoms with E-state index in [1.165, 1.54) is 12.3 Å². The van der Waals surface area contributed by atoms with Crippen molar-refractivity contribution in [3.8, 4) is 0 Å². The Labute approximate surface area is 185 Å². The summed E-state index contributed by atoms with van der Waals surface area (Å²) in [5, 5.41) is 5.43. The van der Waals surface area contributed by atoms with Crippen molar-refractivity contribution in [2.24, 2.45) is 0 Å². The molecule has 2 aromatic carbocycles. The molecular weight excluding hydrogens is 406 g/mol. The maximum absolute atomic E-state index is 13.1. The first-order valence-corrected chi connectivity index (χ1v) is 10.4. The first-order valence-electron chi connectivity index (χ1n) is 10.4. The molecule has 3 amide bonds. The Morgan fingerprint density at radius 2 is 1.69 bits per heavy atom. The third-order valence-corrected chi connectivity index (χ3v) is 5.17. The van der Waals surface area contributed by atoms with E-state index < -0.39 is 17.9 Å². The van der Waals surface area contributed by atoms with Crippen LogP contribution in [0.1, 0.15) is 29.0 Å². The van der Waals surface area contributed by atoms with Crippen LogP contribution in [0.3, 0.4) is 0 Å². The molecule has 1 aliphatic rings. The predicted octanol–water partition coefficient (Wildman–Crippen LogP) is 3.36. The van der Waals surface area contributed by atoms with Gasteiger partial charge in [-0.05, 0) is 49.2 Å². The zero-order valence-corrected chi connectivity index (χ0v) is 17.4. The monoisotopic (exact) mass is 429 g/mol. The summed E-state index contributed by atoms with van der Waals surface area (Å²) in [5.74, 6) is -0.759. The second-order valence-electron chi connectivity index (χ2n) is 7.39. The number of nitrogens with one attached hydrogen (secondary N) is 2. The van der Waals surface area contributed by atoms with Crippen LogP contribution in [0.5, 0.6) is 0 Å². The van der Waals surface area contributed by atoms with Crippen LogP contribution in [0.25, 0.3) is 6.08 Å². The number of amides is 3. The van der Waals surface area contributed by atoms with Crippen molar-refractivity contribution in [3.63, 3.8) is 0 Å². The number of benzene rings is 2. The van der Waals surface area contributed by atoms with Crippen molar-refractivity contribution in [2.75, 3.05) is 11.4 Å². The number of carbonyl (C=O) groups excluding carboxylic acids is 3. The molecule has 7 nitrogen and oxygen atoms in total. The summed E-state index contributed by atoms with van der Waals surface area (Å²) < 4.78 is 5.30. The van der Waals surface area contributed by atoms with Gasteiger partial charge in [-0.25, -0.2) is 0 Å². The minimum absolute atomic E-state index is 0.00145. The van der Waals surface area contributed by atoms with Crippen LogP contribution in [-0.4, -0.2) is 30.3 Å². The van der Waals surface area contributed by atoms with Gasteiger partial charge in [-0.3, -0.25) is 14.4 Å². The molecule has 0 radical (unpaired) electrons. The topological polar surface area (TPSA) is 91.7 Å². The summed E-state index contributed by atoms with van der Waals surface area (Å²) in [6.45, 7) is 0.592. The normalized spacial score (nSPS) is 16.5. The van der Waals surface area contributed by atoms with Gasteiger partial charge >= 0.3 is 0 Å². The highest BCUT2D eigenvalue weighted by atomic mass is 16.3. The van der Waals surface area contributed by atoms with Gasteiger partial charge in [-0.2, -0.15) is 0 Å². The highest BCUT2D eigenvalue weighted by Gasteiger charge is 2.31. The third-order valence-electron chi connectivity index (χ3n) is 5.17. The SMILES string of the molecule is O=C(NC1CCCN(c2ccccc2)C1=O)/C(=C/c1ccco1)NC(=O)c1ccccc1. The summed E-state index contributed by atoms with van der Waals surface area (Å²) in [7, 11) is 0. The number of piperidine rings is 1. The van der Waals surface area contributed by atoms with Crippen LogP contribution in [0, 0.1) is 0 Å². The molecule has 1 atom stereocenters. The van der Waals surface area contributed by atoms with E-state index in [0.717, 1.165) is 12.1 Å². The lowest BCUT2D eigenvalue weighted by atomic mass is 10.0. The highest BCUT2D eigenvalue weighted by Crippen LogP contribution is 2.21. The minimum Gasteiger partial charge on any atom is -0.465 e. The van der Waals surface area contributed by atoms with Gasteiger partial charge in [-0.1, -0.05) is 36.4 Å². The highest BCUT2D eigenvalue weighted by molar-refractivity contribution is 6.07. The van der Waals surface area contributed by atoms with Crippen LogP contribution in [0.15, 0.2) is 89.2 Å². The van der Waals surface area contributed by atoms with Crippen LogP contribution in [0.2, 0.25) is 0 Å². The van der Waals surface area contributed by atoms with E-state index in [1.54, 1.807) is 47.4 Å². The molecular formula is C25H23N3O4. The quantitative estimate of drug-likeness (QED) is 0.588. The standard InChI is InChI=1S/C25H23N3O4/c29-23(18-9-3-1-4-10-18)27-22(17-20-13-8-16-32-20)24(30)26-21-14-7-15-28(25(21)31)19-11-5-2-6-12-19/h1-6,8-13,16-17,21H,7,14-15H2,(H,26,30)(H,27,29)/b22-17-. The number of carbonyl (C=O) groups is 3. The van der Waals surface area contributed by atoms with E-state index in [1.807, 2.05) is 30.3 Å². The van der Waals surface area contributed by atoms with Crippen molar-refractivity contribution in [3.05, 3.63) is 96.1 Å². The molecule has 1 aliphatic heterocycles. The molecule has 0 spiro atoms. The number of hydrogen-bond acceptors (Lipinski definition) is 4. The Morgan fingerprint density at radius 1 is 0.969 bits per heavy atom. The molecule has 1 unspecified atom stereocenters. The summed E-state index contributed by atoms with van der Waals surface area (Å²) in [6.07, 6.45) is 4.19. The number of furan rings is 1. The molecule has 162 valence electrons. The molecule has 1 saturated heterocycles. The van der Waals surface area contributed by atoms with Crippen LogP contribution >= 0.6 is 0 Å². The molecule has 4 rings (SSSR count). The van der Waals surface area contributed by atoms with Crippen molar-refractivity contribution >= 4 is 29.5 Å². The molecule has 1 aromatic heterocycles. The Hall–Kier alpha value is -4.13. The molecule has 2 heterocycles. The van der Waals surface area contributed by atoms with Gasteiger partial charge in [0.2, 0.25) is 5.91 Å². The number of para-hydroxylation sites is 1. The van der Waals surface area contributed by atoms with Gasteiger partial charge in [-0.15, -0.1) is 0 Å². The van der Waals surface area contributed by atoms with E-state index in [-0.39, 0.29) is 11.6 Å². The first kappa shape index (κ1) is 21.1. The molecule has 3 aromatic rings. The van der Waals surface area contributed by atoms with E-state index in [2.05, 4.69) is 10.6 Å². The number of anilines is 1. The van der Waals surface area contributed by atoms with E-state index >= 15 is 0 Å². The first-order chi connectivity index (χ1) is 15.6. The molecule has 0 aliphatic carbocycles. The maximum Gasteiger partial charge on any atom is 0.268 e. The van der Waals surface area contributed by atoms with Gasteiger partial charge in [0.15, 0.2) is 0 Å². The predicted molar refractivity (Wildman–Crippen MR) is 121 cm³/mol. The number of nitrogens with zero attached hydrogens (tertiary/aromatic N) is 1. The van der Waals surface area contributed by atoms with E-state index in [4.69, 9.17) is 4.42 Å². The Bertz CT molecular complexity index is 1110. The van der Waals surface area contributed by atoms with Crippen LogP contribution in [-0.2, 0) is 9.59 Å². The van der Waals surface area contributed by atoms with E-state index in [9.17, 15) is 14.4 Å². The molecule has 0 bridgehead atoms. The van der Waals surface area contributed by atoms with Gasteiger partial charge in [0.1, 0.15) is 17.5 Å². The van der Waals surface area contributed by atoms with Crippen LogP contribution < -0.4 is 15.5 Å². The van der Waals surface area contributed by atoms with Gasteiger partial charge in [0, 0.05) is 23.9 Å².